The van der Waals surface area contributed by atoms with Crippen molar-refractivity contribution in [2.75, 3.05) is 18.0 Å². The SMILES string of the molecule is O/C(=C\C(=C/C/C=C/c1cc2c3c(c1)CCCN3CCC2)c1ccc(Br)cc1)c1ccc(Br)cc1. The van der Waals surface area contributed by atoms with Gasteiger partial charge in [0, 0.05) is 33.3 Å². The maximum absolute atomic E-state index is 10.8. The van der Waals surface area contributed by atoms with Crippen molar-refractivity contribution in [1.82, 2.24) is 0 Å². The molecule has 2 heterocycles. The molecule has 0 aromatic heterocycles. The minimum Gasteiger partial charge on any atom is -0.507 e. The summed E-state index contributed by atoms with van der Waals surface area (Å²) in [7, 11) is 0. The molecular formula is C31H29Br2NO. The highest BCUT2D eigenvalue weighted by Gasteiger charge is 2.23. The summed E-state index contributed by atoms with van der Waals surface area (Å²) in [4.78, 5) is 2.59. The predicted molar refractivity (Wildman–Crippen MR) is 156 cm³/mol. The molecule has 2 nitrogen and oxygen atoms in total. The first-order chi connectivity index (χ1) is 17.1. The van der Waals surface area contributed by atoms with Gasteiger partial charge in [0.15, 0.2) is 0 Å². The van der Waals surface area contributed by atoms with Crippen LogP contribution in [0, 0.1) is 0 Å². The summed E-state index contributed by atoms with van der Waals surface area (Å²) in [5.41, 5.74) is 8.72. The third-order valence-electron chi connectivity index (χ3n) is 6.75. The first-order valence-electron chi connectivity index (χ1n) is 12.3. The monoisotopic (exact) mass is 589 g/mol. The van der Waals surface area contributed by atoms with Gasteiger partial charge in [0.25, 0.3) is 0 Å². The maximum atomic E-state index is 10.8. The fourth-order valence-electron chi connectivity index (χ4n) is 5.08. The molecule has 0 saturated heterocycles. The van der Waals surface area contributed by atoms with Gasteiger partial charge in [-0.15, -0.1) is 0 Å². The van der Waals surface area contributed by atoms with Crippen molar-refractivity contribution in [2.45, 2.75) is 32.1 Å². The standard InChI is InChI=1S/C31H29Br2NO/c32-28-13-9-23(10-14-28)25(21-30(35)24-11-15-29(33)16-12-24)6-2-1-5-22-19-26-7-3-17-34-18-4-8-27(20-22)31(26)34/h1,5-6,9-16,19-21,35H,2-4,7-8,17-18H2/b5-1+,25-6+,30-21-. The third-order valence-corrected chi connectivity index (χ3v) is 7.81. The average molecular weight is 591 g/mol. The number of allylic oxidation sites excluding steroid dienone is 4. The second-order valence-electron chi connectivity index (χ2n) is 9.22. The zero-order valence-electron chi connectivity index (χ0n) is 19.7. The predicted octanol–water partition coefficient (Wildman–Crippen LogP) is 9.00. The highest BCUT2D eigenvalue weighted by molar-refractivity contribution is 9.10. The maximum Gasteiger partial charge on any atom is 0.123 e. The van der Waals surface area contributed by atoms with Crippen molar-refractivity contribution in [1.29, 1.82) is 0 Å². The highest BCUT2D eigenvalue weighted by Crippen LogP contribution is 2.36. The number of halogens is 2. The summed E-state index contributed by atoms with van der Waals surface area (Å²) in [5, 5.41) is 10.8. The van der Waals surface area contributed by atoms with Crippen LogP contribution >= 0.6 is 31.9 Å². The average Bonchev–Trinajstić information content (AvgIpc) is 2.87. The highest BCUT2D eigenvalue weighted by atomic mass is 79.9. The number of aryl methyl sites for hydroxylation is 2. The summed E-state index contributed by atoms with van der Waals surface area (Å²) in [6.45, 7) is 2.42. The Morgan fingerprint density at radius 1 is 0.829 bits per heavy atom. The molecule has 0 aliphatic carbocycles. The van der Waals surface area contributed by atoms with Gasteiger partial charge in [-0.2, -0.15) is 0 Å². The molecule has 2 aliphatic rings. The Kier molecular flexibility index (Phi) is 7.60. The van der Waals surface area contributed by atoms with Crippen molar-refractivity contribution in [2.24, 2.45) is 0 Å². The molecule has 2 aliphatic heterocycles. The number of aliphatic hydroxyl groups excluding tert-OH is 1. The molecule has 35 heavy (non-hydrogen) atoms. The van der Waals surface area contributed by atoms with Gasteiger partial charge in [0.1, 0.15) is 5.76 Å². The summed E-state index contributed by atoms with van der Waals surface area (Å²) in [6, 6.07) is 20.7. The van der Waals surface area contributed by atoms with E-state index in [1.165, 1.54) is 61.2 Å². The van der Waals surface area contributed by atoms with E-state index in [1.54, 1.807) is 0 Å². The molecule has 0 radical (unpaired) electrons. The summed E-state index contributed by atoms with van der Waals surface area (Å²) in [5.74, 6) is 0.258. The van der Waals surface area contributed by atoms with Crippen molar-refractivity contribution in [3.05, 3.63) is 116 Å². The molecule has 4 heteroatoms. The van der Waals surface area contributed by atoms with E-state index in [4.69, 9.17) is 0 Å². The largest absolute Gasteiger partial charge is 0.507 e. The molecule has 3 aromatic carbocycles. The van der Waals surface area contributed by atoms with Crippen LogP contribution < -0.4 is 4.90 Å². The zero-order chi connectivity index (χ0) is 24.2. The number of hydrogen-bond donors (Lipinski definition) is 1. The Balaban J connectivity index is 1.39. The van der Waals surface area contributed by atoms with Crippen LogP contribution in [0.2, 0.25) is 0 Å². The molecule has 0 saturated carbocycles. The molecule has 0 amide bonds. The molecule has 5 rings (SSSR count). The Bertz CT molecular complexity index is 1260. The number of benzene rings is 3. The van der Waals surface area contributed by atoms with Gasteiger partial charge in [-0.25, -0.2) is 0 Å². The second-order valence-corrected chi connectivity index (χ2v) is 11.1. The summed E-state index contributed by atoms with van der Waals surface area (Å²) in [6.07, 6.45) is 14.2. The third kappa shape index (κ3) is 5.82. The quantitative estimate of drug-likeness (QED) is 0.229. The molecule has 178 valence electrons. The van der Waals surface area contributed by atoms with E-state index in [0.717, 1.165) is 32.1 Å². The van der Waals surface area contributed by atoms with Gasteiger partial charge < -0.3 is 10.0 Å². The first kappa shape index (κ1) is 24.1. The molecule has 0 atom stereocenters. The van der Waals surface area contributed by atoms with Crippen LogP contribution in [0.4, 0.5) is 5.69 Å². The van der Waals surface area contributed by atoms with Crippen molar-refractivity contribution < 1.29 is 5.11 Å². The topological polar surface area (TPSA) is 23.5 Å². The van der Waals surface area contributed by atoms with Crippen LogP contribution in [0.5, 0.6) is 0 Å². The minimum absolute atomic E-state index is 0.258. The molecule has 0 fully saturated rings. The lowest BCUT2D eigenvalue weighted by molar-refractivity contribution is 0.512. The normalized spacial score (nSPS) is 16.0. The van der Waals surface area contributed by atoms with E-state index in [0.29, 0.717) is 0 Å². The summed E-state index contributed by atoms with van der Waals surface area (Å²) >= 11 is 6.98. The van der Waals surface area contributed by atoms with Crippen LogP contribution in [0.15, 0.2) is 87.8 Å². The van der Waals surface area contributed by atoms with Crippen LogP contribution in [0.3, 0.4) is 0 Å². The lowest BCUT2D eigenvalue weighted by Gasteiger charge is -2.37. The molecule has 3 aromatic rings. The van der Waals surface area contributed by atoms with E-state index in [9.17, 15) is 5.11 Å². The van der Waals surface area contributed by atoms with E-state index in [-0.39, 0.29) is 5.76 Å². The molecular weight excluding hydrogens is 562 g/mol. The summed E-state index contributed by atoms with van der Waals surface area (Å²) < 4.78 is 2.03. The number of anilines is 1. The zero-order valence-corrected chi connectivity index (χ0v) is 22.9. The van der Waals surface area contributed by atoms with Crippen molar-refractivity contribution in [3.63, 3.8) is 0 Å². The Hall–Kier alpha value is -2.56. The van der Waals surface area contributed by atoms with Gasteiger partial charge in [-0.3, -0.25) is 0 Å². The van der Waals surface area contributed by atoms with E-state index in [1.807, 2.05) is 42.5 Å². The lowest BCUT2D eigenvalue weighted by Crippen LogP contribution is -2.34. The van der Waals surface area contributed by atoms with E-state index in [2.05, 4.69) is 79.3 Å². The van der Waals surface area contributed by atoms with Gasteiger partial charge in [0.2, 0.25) is 0 Å². The van der Waals surface area contributed by atoms with Gasteiger partial charge in [-0.1, -0.05) is 74.4 Å². The molecule has 0 bridgehead atoms. The van der Waals surface area contributed by atoms with Gasteiger partial charge in [0.05, 0.1) is 0 Å². The van der Waals surface area contributed by atoms with Crippen LogP contribution in [0.1, 0.15) is 47.1 Å². The van der Waals surface area contributed by atoms with Crippen LogP contribution in [-0.4, -0.2) is 18.2 Å². The molecule has 0 unspecified atom stereocenters. The fraction of sp³-hybridized carbons (Fsp3) is 0.226. The second kappa shape index (κ2) is 11.0. The van der Waals surface area contributed by atoms with Crippen LogP contribution in [-0.2, 0) is 12.8 Å². The van der Waals surface area contributed by atoms with E-state index < -0.39 is 0 Å². The lowest BCUT2D eigenvalue weighted by atomic mass is 9.90. The molecule has 1 N–H and O–H groups in total. The van der Waals surface area contributed by atoms with Crippen LogP contribution in [0.25, 0.3) is 17.4 Å². The number of aliphatic hydroxyl groups is 1. The van der Waals surface area contributed by atoms with Crippen molar-refractivity contribution >= 4 is 55.0 Å². The molecule has 0 spiro atoms. The number of nitrogens with zero attached hydrogens (tertiary/aromatic N) is 1. The van der Waals surface area contributed by atoms with Gasteiger partial charge >= 0.3 is 0 Å². The minimum atomic E-state index is 0.258. The smallest absolute Gasteiger partial charge is 0.123 e. The van der Waals surface area contributed by atoms with Gasteiger partial charge in [-0.05, 0) is 102 Å². The Labute approximate surface area is 224 Å². The first-order valence-corrected chi connectivity index (χ1v) is 13.9. The van der Waals surface area contributed by atoms with E-state index >= 15 is 0 Å². The Morgan fingerprint density at radius 2 is 1.40 bits per heavy atom. The fourth-order valence-corrected chi connectivity index (χ4v) is 5.61. The number of hydrogen-bond acceptors (Lipinski definition) is 2. The van der Waals surface area contributed by atoms with Crippen molar-refractivity contribution in [3.8, 4) is 0 Å². The Morgan fingerprint density at radius 3 is 2.00 bits per heavy atom. The number of rotatable bonds is 6.